The fourth-order valence-electron chi connectivity index (χ4n) is 3.04. The monoisotopic (exact) mass is 348 g/mol. The number of pyridine rings is 1. The summed E-state index contributed by atoms with van der Waals surface area (Å²) >= 11 is 0. The molecule has 0 radical (unpaired) electrons. The van der Waals surface area contributed by atoms with Crippen molar-refractivity contribution in [3.8, 4) is 0 Å². The van der Waals surface area contributed by atoms with Gasteiger partial charge in [0.2, 0.25) is 0 Å². The van der Waals surface area contributed by atoms with Crippen LogP contribution in [0.5, 0.6) is 0 Å². The van der Waals surface area contributed by atoms with E-state index in [0.29, 0.717) is 18.8 Å². The second-order valence-corrected chi connectivity index (χ2v) is 7.47. The molecule has 1 aromatic rings. The van der Waals surface area contributed by atoms with E-state index in [9.17, 15) is 9.59 Å². The number of nitrogens with zero attached hydrogens (tertiary/aromatic N) is 3. The molecule has 0 spiro atoms. The zero-order valence-corrected chi connectivity index (χ0v) is 15.9. The minimum Gasteiger partial charge on any atom is -0.444 e. The Labute approximate surface area is 149 Å². The Balaban J connectivity index is 2.08. The number of piperazine rings is 1. The van der Waals surface area contributed by atoms with Gasteiger partial charge in [0, 0.05) is 20.1 Å². The zero-order valence-electron chi connectivity index (χ0n) is 15.9. The first-order valence-corrected chi connectivity index (χ1v) is 8.56. The molecule has 25 heavy (non-hydrogen) atoms. The normalized spacial score (nSPS) is 21.0. The van der Waals surface area contributed by atoms with Gasteiger partial charge in [0.05, 0.1) is 24.0 Å². The van der Waals surface area contributed by atoms with Crippen molar-refractivity contribution in [1.29, 1.82) is 0 Å². The second kappa shape index (κ2) is 7.29. The van der Waals surface area contributed by atoms with E-state index >= 15 is 0 Å². The van der Waals surface area contributed by atoms with Crippen LogP contribution in [0, 0.1) is 0 Å². The van der Waals surface area contributed by atoms with Crippen LogP contribution in [-0.4, -0.2) is 59.7 Å². The summed E-state index contributed by atoms with van der Waals surface area (Å²) in [7, 11) is 1.58. The number of hydrogen-bond acceptors (Lipinski definition) is 5. The lowest BCUT2D eigenvalue weighted by atomic mass is 10.1. The van der Waals surface area contributed by atoms with Crippen LogP contribution in [-0.2, 0) is 4.74 Å². The molecule has 1 fully saturated rings. The average molecular weight is 348 g/mol. The first kappa shape index (κ1) is 19.0. The summed E-state index contributed by atoms with van der Waals surface area (Å²) in [6.45, 7) is 11.0. The van der Waals surface area contributed by atoms with Crippen LogP contribution in [0.15, 0.2) is 18.3 Å². The molecule has 1 N–H and O–H groups in total. The molecule has 138 valence electrons. The summed E-state index contributed by atoms with van der Waals surface area (Å²) in [5.74, 6) is -0.206. The van der Waals surface area contributed by atoms with E-state index in [4.69, 9.17) is 4.74 Å². The van der Waals surface area contributed by atoms with Crippen molar-refractivity contribution >= 4 is 17.7 Å². The molecule has 2 heterocycles. The predicted molar refractivity (Wildman–Crippen MR) is 96.8 cm³/mol. The van der Waals surface area contributed by atoms with Gasteiger partial charge < -0.3 is 15.0 Å². The van der Waals surface area contributed by atoms with E-state index in [2.05, 4.69) is 15.2 Å². The SMILES string of the molecule is CNC(=O)c1ccc(N2C[C@@H](C)N(C(=O)OC(C)(C)C)[C@H](C)C2)cn1. The largest absolute Gasteiger partial charge is 0.444 e. The Morgan fingerprint density at radius 2 is 1.80 bits per heavy atom. The van der Waals surface area contributed by atoms with Crippen molar-refractivity contribution in [3.05, 3.63) is 24.0 Å². The van der Waals surface area contributed by atoms with Crippen molar-refractivity contribution in [1.82, 2.24) is 15.2 Å². The quantitative estimate of drug-likeness (QED) is 0.887. The molecule has 2 atom stereocenters. The molecule has 7 heteroatoms. The number of nitrogens with one attached hydrogen (secondary N) is 1. The van der Waals surface area contributed by atoms with Crippen LogP contribution in [0.2, 0.25) is 0 Å². The standard InChI is InChI=1S/C18H28N4O3/c1-12-10-21(14-7-8-15(20-9-14)16(23)19-6)11-13(2)22(12)17(24)25-18(3,4)5/h7-9,12-13H,10-11H2,1-6H3,(H,19,23)/t12-,13-/m1/s1. The topological polar surface area (TPSA) is 74.8 Å². The molecular formula is C18H28N4O3. The molecule has 0 bridgehead atoms. The van der Waals surface area contributed by atoms with Crippen molar-refractivity contribution < 1.29 is 14.3 Å². The lowest BCUT2D eigenvalue weighted by Crippen LogP contribution is -2.59. The smallest absolute Gasteiger partial charge is 0.410 e. The van der Waals surface area contributed by atoms with Crippen molar-refractivity contribution in [3.63, 3.8) is 0 Å². The van der Waals surface area contributed by atoms with E-state index < -0.39 is 5.60 Å². The van der Waals surface area contributed by atoms with Gasteiger partial charge in [-0.1, -0.05) is 0 Å². The third kappa shape index (κ3) is 4.61. The number of aromatic nitrogens is 1. The molecule has 0 saturated carbocycles. The molecule has 2 rings (SSSR count). The summed E-state index contributed by atoms with van der Waals surface area (Å²) in [5, 5.41) is 2.56. The number of anilines is 1. The van der Waals surface area contributed by atoms with E-state index in [1.807, 2.05) is 40.7 Å². The molecule has 0 unspecified atom stereocenters. The Morgan fingerprint density at radius 1 is 1.20 bits per heavy atom. The molecule has 2 amide bonds. The van der Waals surface area contributed by atoms with Gasteiger partial charge in [0.25, 0.3) is 5.91 Å². The minimum absolute atomic E-state index is 0.0113. The Hall–Kier alpha value is -2.31. The maximum atomic E-state index is 12.5. The van der Waals surface area contributed by atoms with Gasteiger partial charge in [-0.2, -0.15) is 0 Å². The molecule has 1 aliphatic rings. The van der Waals surface area contributed by atoms with E-state index in [0.717, 1.165) is 5.69 Å². The fraction of sp³-hybridized carbons (Fsp3) is 0.611. The number of amides is 2. The minimum atomic E-state index is -0.507. The number of hydrogen-bond donors (Lipinski definition) is 1. The highest BCUT2D eigenvalue weighted by Crippen LogP contribution is 2.24. The summed E-state index contributed by atoms with van der Waals surface area (Å²) in [6, 6.07) is 3.62. The number of rotatable bonds is 2. The van der Waals surface area contributed by atoms with E-state index in [1.54, 1.807) is 24.2 Å². The molecule has 0 aromatic carbocycles. The number of ether oxygens (including phenoxy) is 1. The fourth-order valence-corrected chi connectivity index (χ4v) is 3.04. The first-order chi connectivity index (χ1) is 11.6. The summed E-state index contributed by atoms with van der Waals surface area (Å²) in [5.41, 5.74) is 0.822. The number of carbonyl (C=O) groups excluding carboxylic acids is 2. The molecular weight excluding hydrogens is 320 g/mol. The molecule has 1 saturated heterocycles. The van der Waals surface area contributed by atoms with E-state index in [-0.39, 0.29) is 24.1 Å². The van der Waals surface area contributed by atoms with Crippen LogP contribution < -0.4 is 10.2 Å². The van der Waals surface area contributed by atoms with Crippen molar-refractivity contribution in [2.75, 3.05) is 25.0 Å². The van der Waals surface area contributed by atoms with Crippen LogP contribution >= 0.6 is 0 Å². The van der Waals surface area contributed by atoms with Crippen LogP contribution in [0.4, 0.5) is 10.5 Å². The Bertz CT molecular complexity index is 612. The molecule has 1 aliphatic heterocycles. The van der Waals surface area contributed by atoms with Crippen LogP contribution in [0.3, 0.4) is 0 Å². The van der Waals surface area contributed by atoms with Crippen molar-refractivity contribution in [2.45, 2.75) is 52.3 Å². The highest BCUT2D eigenvalue weighted by Gasteiger charge is 2.35. The van der Waals surface area contributed by atoms with Gasteiger partial charge in [-0.3, -0.25) is 9.69 Å². The summed E-state index contributed by atoms with van der Waals surface area (Å²) < 4.78 is 5.53. The van der Waals surface area contributed by atoms with E-state index in [1.165, 1.54) is 0 Å². The third-order valence-corrected chi connectivity index (χ3v) is 4.10. The molecule has 7 nitrogen and oxygen atoms in total. The second-order valence-electron chi connectivity index (χ2n) is 7.47. The maximum absolute atomic E-state index is 12.5. The lowest BCUT2D eigenvalue weighted by molar-refractivity contribution is 0.00565. The maximum Gasteiger partial charge on any atom is 0.410 e. The van der Waals surface area contributed by atoms with Gasteiger partial charge in [-0.05, 0) is 46.8 Å². The first-order valence-electron chi connectivity index (χ1n) is 8.56. The Kier molecular flexibility index (Phi) is 5.55. The van der Waals surface area contributed by atoms with Crippen LogP contribution in [0.25, 0.3) is 0 Å². The van der Waals surface area contributed by atoms with Gasteiger partial charge in [-0.15, -0.1) is 0 Å². The summed E-state index contributed by atoms with van der Waals surface area (Å²) in [4.78, 5) is 32.2. The summed E-state index contributed by atoms with van der Waals surface area (Å²) in [6.07, 6.45) is 1.42. The molecule has 1 aromatic heterocycles. The lowest BCUT2D eigenvalue weighted by Gasteiger charge is -2.45. The predicted octanol–water partition coefficient (Wildman–Crippen LogP) is 2.28. The third-order valence-electron chi connectivity index (χ3n) is 4.10. The highest BCUT2D eigenvalue weighted by atomic mass is 16.6. The zero-order chi connectivity index (χ0) is 18.8. The van der Waals surface area contributed by atoms with Crippen LogP contribution in [0.1, 0.15) is 45.1 Å². The van der Waals surface area contributed by atoms with Crippen molar-refractivity contribution in [2.24, 2.45) is 0 Å². The highest BCUT2D eigenvalue weighted by molar-refractivity contribution is 5.92. The van der Waals surface area contributed by atoms with Gasteiger partial charge >= 0.3 is 6.09 Å². The Morgan fingerprint density at radius 3 is 2.24 bits per heavy atom. The average Bonchev–Trinajstić information content (AvgIpc) is 2.51. The van der Waals surface area contributed by atoms with Gasteiger partial charge in [-0.25, -0.2) is 9.78 Å². The number of carbonyl (C=O) groups is 2. The van der Waals surface area contributed by atoms with Gasteiger partial charge in [0.15, 0.2) is 0 Å². The van der Waals surface area contributed by atoms with Gasteiger partial charge in [0.1, 0.15) is 11.3 Å². The molecule has 0 aliphatic carbocycles.